The number of hydrogen-bond acceptors (Lipinski definition) is 9. The number of imide groups is 1. The number of methoxy groups -OCH3 is 2. The minimum absolute atomic E-state index is 0.0436. The molecule has 33 heavy (non-hydrogen) atoms. The number of amides is 2. The van der Waals surface area contributed by atoms with E-state index in [1.165, 1.54) is 31.4 Å². The first-order chi connectivity index (χ1) is 15.9. The fourth-order valence-electron chi connectivity index (χ4n) is 4.19. The number of nitrogens with zero attached hydrogens (tertiary/aromatic N) is 4. The maximum absolute atomic E-state index is 13.0. The zero-order valence-electron chi connectivity index (χ0n) is 18.4. The van der Waals surface area contributed by atoms with Crippen molar-refractivity contribution < 1.29 is 24.0 Å². The lowest BCUT2D eigenvalue weighted by molar-refractivity contribution is -0.385. The Morgan fingerprint density at radius 3 is 2.30 bits per heavy atom. The first-order valence-corrected chi connectivity index (χ1v) is 10.6. The SMILES string of the molecule is COc1cc(OC)cc(N2C(=O)CC(NC3CCN(c4ccc([N+](=O)[O-])cn4)CC3)C2=O)c1. The van der Waals surface area contributed by atoms with Crippen LogP contribution in [0.1, 0.15) is 19.3 Å². The second-order valence-corrected chi connectivity index (χ2v) is 7.95. The van der Waals surface area contributed by atoms with E-state index in [9.17, 15) is 19.7 Å². The maximum atomic E-state index is 13.0. The molecule has 11 nitrogen and oxygen atoms in total. The number of rotatable bonds is 7. The monoisotopic (exact) mass is 455 g/mol. The first-order valence-electron chi connectivity index (χ1n) is 10.6. The van der Waals surface area contributed by atoms with Gasteiger partial charge in [-0.25, -0.2) is 9.88 Å². The molecule has 2 fully saturated rings. The molecular weight excluding hydrogens is 430 g/mol. The summed E-state index contributed by atoms with van der Waals surface area (Å²) in [4.78, 5) is 43.5. The minimum Gasteiger partial charge on any atom is -0.497 e. The van der Waals surface area contributed by atoms with Crippen molar-refractivity contribution in [3.8, 4) is 11.5 Å². The molecule has 0 bridgehead atoms. The van der Waals surface area contributed by atoms with Crippen LogP contribution in [0.15, 0.2) is 36.5 Å². The smallest absolute Gasteiger partial charge is 0.287 e. The van der Waals surface area contributed by atoms with Crippen molar-refractivity contribution in [2.24, 2.45) is 0 Å². The van der Waals surface area contributed by atoms with Gasteiger partial charge in [0.1, 0.15) is 23.5 Å². The highest BCUT2D eigenvalue weighted by Crippen LogP contribution is 2.32. The van der Waals surface area contributed by atoms with E-state index in [-0.39, 0.29) is 30.0 Å². The molecule has 1 unspecified atom stereocenters. The number of hydrogen-bond donors (Lipinski definition) is 1. The minimum atomic E-state index is -0.594. The van der Waals surface area contributed by atoms with Gasteiger partial charge in [-0.1, -0.05) is 0 Å². The number of benzene rings is 1. The van der Waals surface area contributed by atoms with Gasteiger partial charge in [0.05, 0.1) is 37.3 Å². The van der Waals surface area contributed by atoms with Crippen LogP contribution in [0.25, 0.3) is 0 Å². The second kappa shape index (κ2) is 9.41. The lowest BCUT2D eigenvalue weighted by Gasteiger charge is -2.34. The topological polar surface area (TPSA) is 127 Å². The number of carbonyl (C=O) groups excluding carboxylic acids is 2. The van der Waals surface area contributed by atoms with Crippen molar-refractivity contribution in [2.45, 2.75) is 31.3 Å². The largest absolute Gasteiger partial charge is 0.497 e. The summed E-state index contributed by atoms with van der Waals surface area (Å²) in [6.07, 6.45) is 2.85. The van der Waals surface area contributed by atoms with Crippen LogP contribution in [-0.4, -0.2) is 61.1 Å². The van der Waals surface area contributed by atoms with E-state index in [4.69, 9.17) is 9.47 Å². The predicted molar refractivity (Wildman–Crippen MR) is 120 cm³/mol. The molecule has 2 amide bonds. The molecule has 174 valence electrons. The van der Waals surface area contributed by atoms with Crippen LogP contribution < -0.4 is 24.6 Å². The van der Waals surface area contributed by atoms with Crippen LogP contribution in [0.3, 0.4) is 0 Å². The van der Waals surface area contributed by atoms with Gasteiger partial charge in [-0.15, -0.1) is 0 Å². The Balaban J connectivity index is 1.37. The number of aromatic nitrogens is 1. The molecule has 1 aromatic carbocycles. The molecule has 1 N–H and O–H groups in total. The van der Waals surface area contributed by atoms with Gasteiger partial charge in [0, 0.05) is 43.4 Å². The average molecular weight is 455 g/mol. The van der Waals surface area contributed by atoms with E-state index in [2.05, 4.69) is 15.2 Å². The van der Waals surface area contributed by atoms with E-state index in [0.29, 0.717) is 36.1 Å². The fourth-order valence-corrected chi connectivity index (χ4v) is 4.19. The van der Waals surface area contributed by atoms with Crippen LogP contribution in [0.4, 0.5) is 17.2 Å². The molecule has 2 saturated heterocycles. The predicted octanol–water partition coefficient (Wildman–Crippen LogP) is 1.90. The summed E-state index contributed by atoms with van der Waals surface area (Å²) >= 11 is 0. The summed E-state index contributed by atoms with van der Waals surface area (Å²) < 4.78 is 10.5. The maximum Gasteiger partial charge on any atom is 0.287 e. The highest BCUT2D eigenvalue weighted by Gasteiger charge is 2.41. The molecule has 0 saturated carbocycles. The Morgan fingerprint density at radius 1 is 1.09 bits per heavy atom. The van der Waals surface area contributed by atoms with Crippen molar-refractivity contribution in [3.05, 3.63) is 46.6 Å². The molecule has 11 heteroatoms. The van der Waals surface area contributed by atoms with Gasteiger partial charge in [0.25, 0.3) is 11.6 Å². The molecule has 2 aliphatic heterocycles. The number of pyridine rings is 1. The van der Waals surface area contributed by atoms with Crippen molar-refractivity contribution >= 4 is 29.0 Å². The molecule has 0 aliphatic carbocycles. The summed E-state index contributed by atoms with van der Waals surface area (Å²) in [5, 5.41) is 14.1. The van der Waals surface area contributed by atoms with E-state index in [1.807, 2.05) is 0 Å². The van der Waals surface area contributed by atoms with E-state index in [1.54, 1.807) is 24.3 Å². The van der Waals surface area contributed by atoms with Gasteiger partial charge in [-0.05, 0) is 18.9 Å². The second-order valence-electron chi connectivity index (χ2n) is 7.95. The van der Waals surface area contributed by atoms with Crippen LogP contribution in [0.2, 0.25) is 0 Å². The normalized spacial score (nSPS) is 19.2. The summed E-state index contributed by atoms with van der Waals surface area (Å²) in [7, 11) is 3.02. The number of anilines is 2. The summed E-state index contributed by atoms with van der Waals surface area (Å²) in [6.45, 7) is 1.38. The molecule has 2 aromatic rings. The molecule has 1 atom stereocenters. The number of piperidine rings is 1. The van der Waals surface area contributed by atoms with Gasteiger partial charge < -0.3 is 19.7 Å². The van der Waals surface area contributed by atoms with Gasteiger partial charge >= 0.3 is 0 Å². The number of nitro groups is 1. The van der Waals surface area contributed by atoms with Crippen molar-refractivity contribution in [1.29, 1.82) is 0 Å². The Hall–Kier alpha value is -3.73. The van der Waals surface area contributed by atoms with Gasteiger partial charge in [-0.3, -0.25) is 19.7 Å². The van der Waals surface area contributed by atoms with Crippen LogP contribution in [0.5, 0.6) is 11.5 Å². The Kier molecular flexibility index (Phi) is 6.40. The molecular formula is C22H25N5O6. The van der Waals surface area contributed by atoms with E-state index in [0.717, 1.165) is 12.8 Å². The third-order valence-electron chi connectivity index (χ3n) is 5.94. The Bertz CT molecular complexity index is 1030. The van der Waals surface area contributed by atoms with E-state index < -0.39 is 11.0 Å². The Labute approximate surface area is 190 Å². The number of carbonyl (C=O) groups is 2. The number of ether oxygens (including phenoxy) is 2. The fraction of sp³-hybridized carbons (Fsp3) is 0.409. The van der Waals surface area contributed by atoms with Crippen molar-refractivity contribution in [3.63, 3.8) is 0 Å². The van der Waals surface area contributed by atoms with Crippen molar-refractivity contribution in [1.82, 2.24) is 10.3 Å². The highest BCUT2D eigenvalue weighted by molar-refractivity contribution is 6.22. The molecule has 1 aromatic heterocycles. The first kappa shape index (κ1) is 22.5. The van der Waals surface area contributed by atoms with Crippen molar-refractivity contribution in [2.75, 3.05) is 37.1 Å². The van der Waals surface area contributed by atoms with Crippen LogP contribution >= 0.6 is 0 Å². The third-order valence-corrected chi connectivity index (χ3v) is 5.94. The zero-order chi connectivity index (χ0) is 23.5. The highest BCUT2D eigenvalue weighted by atomic mass is 16.6. The summed E-state index contributed by atoms with van der Waals surface area (Å²) in [5.74, 6) is 1.10. The summed E-state index contributed by atoms with van der Waals surface area (Å²) in [5.41, 5.74) is 0.377. The molecule has 0 radical (unpaired) electrons. The lowest BCUT2D eigenvalue weighted by Crippen LogP contribution is -2.49. The molecule has 4 rings (SSSR count). The average Bonchev–Trinajstić information content (AvgIpc) is 3.11. The van der Waals surface area contributed by atoms with E-state index >= 15 is 0 Å². The molecule has 2 aliphatic rings. The van der Waals surface area contributed by atoms with Crippen LogP contribution in [-0.2, 0) is 9.59 Å². The molecule has 3 heterocycles. The Morgan fingerprint density at radius 2 is 1.76 bits per heavy atom. The summed E-state index contributed by atoms with van der Waals surface area (Å²) in [6, 6.07) is 7.51. The third kappa shape index (κ3) is 4.72. The molecule has 0 spiro atoms. The van der Waals surface area contributed by atoms with Crippen LogP contribution in [0, 0.1) is 10.1 Å². The zero-order valence-corrected chi connectivity index (χ0v) is 18.4. The number of nitrogens with one attached hydrogen (secondary N) is 1. The lowest BCUT2D eigenvalue weighted by atomic mass is 10.0. The van der Waals surface area contributed by atoms with Gasteiger partial charge in [-0.2, -0.15) is 0 Å². The van der Waals surface area contributed by atoms with Gasteiger partial charge in [0.2, 0.25) is 5.91 Å². The quantitative estimate of drug-likeness (QED) is 0.378. The standard InChI is InChI=1S/C22H25N5O6/c1-32-17-9-16(10-18(11-17)33-2)26-21(28)12-19(22(26)29)24-14-5-7-25(8-6-14)20-4-3-15(13-23-20)27(30)31/h3-4,9-11,13-14,19,24H,5-8,12H2,1-2H3. The van der Waals surface area contributed by atoms with Gasteiger partial charge in [0.15, 0.2) is 0 Å².